The number of benzene rings is 1. The first-order valence-electron chi connectivity index (χ1n) is 7.03. The van der Waals surface area contributed by atoms with Gasteiger partial charge in [-0.05, 0) is 19.9 Å². The van der Waals surface area contributed by atoms with E-state index < -0.39 is 0 Å². The number of rotatable bonds is 7. The second-order valence-electron chi connectivity index (χ2n) is 4.83. The van der Waals surface area contributed by atoms with Crippen LogP contribution < -0.4 is 5.32 Å². The number of hydrogen-bond donors (Lipinski definition) is 1. The van der Waals surface area contributed by atoms with Gasteiger partial charge in [0.15, 0.2) is 11.7 Å². The molecule has 112 valence electrons. The zero-order chi connectivity index (χ0) is 15.2. The highest BCUT2D eigenvalue weighted by atomic mass is 16.6. The molecule has 6 heteroatoms. The molecule has 0 aliphatic heterocycles. The molecule has 0 fully saturated rings. The molecular formula is C15H19N3O3. The Kier molecular flexibility index (Phi) is 5.05. The van der Waals surface area contributed by atoms with Crippen LogP contribution in [0.2, 0.25) is 0 Å². The molecule has 0 radical (unpaired) electrons. The Hall–Kier alpha value is -2.21. The fourth-order valence-corrected chi connectivity index (χ4v) is 2.14. The fourth-order valence-electron chi connectivity index (χ4n) is 2.14. The Morgan fingerprint density at radius 3 is 2.90 bits per heavy atom. The average Bonchev–Trinajstić information content (AvgIpc) is 2.92. The topological polar surface area (TPSA) is 81.2 Å². The van der Waals surface area contributed by atoms with Crippen LogP contribution in [0, 0.1) is 17.0 Å². The van der Waals surface area contributed by atoms with Crippen LogP contribution in [-0.2, 0) is 6.42 Å². The number of nitro benzene ring substituents is 1. The smallest absolute Gasteiger partial charge is 0.273 e. The predicted molar refractivity (Wildman–Crippen MR) is 80.2 cm³/mol. The molecule has 0 aliphatic rings. The van der Waals surface area contributed by atoms with Crippen molar-refractivity contribution in [3.8, 4) is 11.3 Å². The van der Waals surface area contributed by atoms with Crippen LogP contribution in [0.25, 0.3) is 11.3 Å². The van der Waals surface area contributed by atoms with Gasteiger partial charge in [0.1, 0.15) is 0 Å². The Morgan fingerprint density at radius 1 is 1.38 bits per heavy atom. The summed E-state index contributed by atoms with van der Waals surface area (Å²) in [4.78, 5) is 14.8. The molecule has 1 aromatic heterocycles. The molecule has 6 nitrogen and oxygen atoms in total. The van der Waals surface area contributed by atoms with Crippen LogP contribution in [0.1, 0.15) is 24.8 Å². The second-order valence-corrected chi connectivity index (χ2v) is 4.83. The van der Waals surface area contributed by atoms with E-state index in [1.807, 2.05) is 6.07 Å². The van der Waals surface area contributed by atoms with Crippen LogP contribution >= 0.6 is 0 Å². The maximum atomic E-state index is 11.0. The first kappa shape index (κ1) is 15.2. The summed E-state index contributed by atoms with van der Waals surface area (Å²) in [6.45, 7) is 5.61. The minimum absolute atomic E-state index is 0.0927. The highest BCUT2D eigenvalue weighted by molar-refractivity contribution is 5.66. The van der Waals surface area contributed by atoms with Crippen molar-refractivity contribution in [1.29, 1.82) is 0 Å². The molecule has 0 saturated heterocycles. The number of nitro groups is 1. The number of nitrogens with zero attached hydrogens (tertiary/aromatic N) is 2. The molecule has 2 aromatic rings. The van der Waals surface area contributed by atoms with Crippen molar-refractivity contribution in [2.24, 2.45) is 0 Å². The van der Waals surface area contributed by atoms with Crippen molar-refractivity contribution in [2.75, 3.05) is 13.1 Å². The predicted octanol–water partition coefficient (Wildman–Crippen LogP) is 3.10. The van der Waals surface area contributed by atoms with Crippen molar-refractivity contribution < 1.29 is 9.34 Å². The number of hydrogen-bond acceptors (Lipinski definition) is 5. The lowest BCUT2D eigenvalue weighted by Crippen LogP contribution is -2.17. The Bertz CT molecular complexity index is 622. The number of aromatic nitrogens is 1. The molecule has 1 heterocycles. The van der Waals surface area contributed by atoms with Gasteiger partial charge in [0.25, 0.3) is 5.69 Å². The fraction of sp³-hybridized carbons (Fsp3) is 0.400. The van der Waals surface area contributed by atoms with Crippen LogP contribution in [0.4, 0.5) is 5.69 Å². The lowest BCUT2D eigenvalue weighted by molar-refractivity contribution is -0.385. The van der Waals surface area contributed by atoms with E-state index >= 15 is 0 Å². The lowest BCUT2D eigenvalue weighted by atomic mass is 10.1. The van der Waals surface area contributed by atoms with E-state index in [1.165, 1.54) is 6.07 Å². The minimum atomic E-state index is -0.384. The summed E-state index contributed by atoms with van der Waals surface area (Å²) in [5.41, 5.74) is 1.40. The summed E-state index contributed by atoms with van der Waals surface area (Å²) in [6.07, 6.45) is 3.42. The summed E-state index contributed by atoms with van der Waals surface area (Å²) in [7, 11) is 0. The van der Waals surface area contributed by atoms with Gasteiger partial charge in [-0.15, -0.1) is 0 Å². The molecule has 1 N–H and O–H groups in total. The van der Waals surface area contributed by atoms with E-state index in [2.05, 4.69) is 17.2 Å². The summed E-state index contributed by atoms with van der Waals surface area (Å²) >= 11 is 0. The molecule has 0 aliphatic carbocycles. The van der Waals surface area contributed by atoms with E-state index in [9.17, 15) is 10.1 Å². The Balaban J connectivity index is 2.14. The van der Waals surface area contributed by atoms with E-state index in [1.54, 1.807) is 19.2 Å². The van der Waals surface area contributed by atoms with E-state index in [0.717, 1.165) is 19.5 Å². The molecule has 21 heavy (non-hydrogen) atoms. The average molecular weight is 289 g/mol. The molecule has 2 rings (SSSR count). The van der Waals surface area contributed by atoms with Crippen molar-refractivity contribution in [3.05, 3.63) is 46.0 Å². The van der Waals surface area contributed by atoms with Crippen molar-refractivity contribution in [3.63, 3.8) is 0 Å². The molecule has 0 unspecified atom stereocenters. The largest absolute Gasteiger partial charge is 0.441 e. The van der Waals surface area contributed by atoms with E-state index in [0.29, 0.717) is 29.2 Å². The van der Waals surface area contributed by atoms with E-state index in [-0.39, 0.29) is 10.6 Å². The molecule has 0 spiro atoms. The molecule has 0 saturated carbocycles. The van der Waals surface area contributed by atoms with Gasteiger partial charge in [-0.25, -0.2) is 4.98 Å². The molecule has 1 aromatic carbocycles. The lowest BCUT2D eigenvalue weighted by Gasteiger charge is -2.03. The van der Waals surface area contributed by atoms with Crippen molar-refractivity contribution >= 4 is 5.69 Å². The SMILES string of the molecule is CCCNCCc1ncc(-c2cccc([N+](=O)[O-])c2C)o1. The van der Waals surface area contributed by atoms with Crippen LogP contribution in [-0.4, -0.2) is 23.0 Å². The van der Waals surface area contributed by atoms with Gasteiger partial charge in [0, 0.05) is 30.2 Å². The summed E-state index contributed by atoms with van der Waals surface area (Å²) in [6, 6.07) is 4.96. The summed E-state index contributed by atoms with van der Waals surface area (Å²) in [5, 5.41) is 14.2. The molecule has 0 atom stereocenters. The van der Waals surface area contributed by atoms with Crippen LogP contribution in [0.5, 0.6) is 0 Å². The molecular weight excluding hydrogens is 270 g/mol. The molecule has 0 amide bonds. The summed E-state index contributed by atoms with van der Waals surface area (Å²) in [5.74, 6) is 1.21. The normalized spacial score (nSPS) is 10.8. The monoisotopic (exact) mass is 289 g/mol. The van der Waals surface area contributed by atoms with Gasteiger partial charge in [-0.1, -0.05) is 19.1 Å². The van der Waals surface area contributed by atoms with E-state index in [4.69, 9.17) is 4.42 Å². The van der Waals surface area contributed by atoms with Crippen LogP contribution in [0.3, 0.4) is 0 Å². The minimum Gasteiger partial charge on any atom is -0.441 e. The summed E-state index contributed by atoms with van der Waals surface area (Å²) < 4.78 is 5.69. The first-order valence-corrected chi connectivity index (χ1v) is 7.03. The first-order chi connectivity index (χ1) is 10.1. The quantitative estimate of drug-likeness (QED) is 0.481. The zero-order valence-corrected chi connectivity index (χ0v) is 12.3. The van der Waals surface area contributed by atoms with Gasteiger partial charge >= 0.3 is 0 Å². The second kappa shape index (κ2) is 6.99. The maximum Gasteiger partial charge on any atom is 0.273 e. The van der Waals surface area contributed by atoms with Crippen molar-refractivity contribution in [2.45, 2.75) is 26.7 Å². The van der Waals surface area contributed by atoms with Crippen molar-refractivity contribution in [1.82, 2.24) is 10.3 Å². The van der Waals surface area contributed by atoms with Gasteiger partial charge in [0.05, 0.1) is 11.1 Å². The van der Waals surface area contributed by atoms with Gasteiger partial charge in [-0.2, -0.15) is 0 Å². The zero-order valence-electron chi connectivity index (χ0n) is 12.3. The molecule has 0 bridgehead atoms. The van der Waals surface area contributed by atoms with Gasteiger partial charge in [0.2, 0.25) is 0 Å². The third-order valence-electron chi connectivity index (χ3n) is 3.26. The number of nitrogens with one attached hydrogen (secondary N) is 1. The van der Waals surface area contributed by atoms with Gasteiger partial charge < -0.3 is 9.73 Å². The van der Waals surface area contributed by atoms with Crippen LogP contribution in [0.15, 0.2) is 28.8 Å². The maximum absolute atomic E-state index is 11.0. The highest BCUT2D eigenvalue weighted by Gasteiger charge is 2.16. The third kappa shape index (κ3) is 3.66. The van der Waals surface area contributed by atoms with Gasteiger partial charge in [-0.3, -0.25) is 10.1 Å². The highest BCUT2D eigenvalue weighted by Crippen LogP contribution is 2.30. The number of oxazole rings is 1. The third-order valence-corrected chi connectivity index (χ3v) is 3.26. The standard InChI is InChI=1S/C15H19N3O3/c1-3-8-16-9-7-15-17-10-14(21-15)12-5-4-6-13(11(12)2)18(19)20/h4-6,10,16H,3,7-9H2,1-2H3. The Morgan fingerprint density at radius 2 is 2.19 bits per heavy atom. The Labute approximate surface area is 123 Å².